The summed E-state index contributed by atoms with van der Waals surface area (Å²) in [6.45, 7) is 7.74. The van der Waals surface area contributed by atoms with E-state index in [0.717, 1.165) is 22.2 Å². The summed E-state index contributed by atoms with van der Waals surface area (Å²) in [5, 5.41) is 0.753. The topological polar surface area (TPSA) is 25.2 Å². The van der Waals surface area contributed by atoms with Crippen LogP contribution in [0.4, 0.5) is 4.39 Å². The number of nitrogens with zero attached hydrogens (tertiary/aromatic N) is 2. The Morgan fingerprint density at radius 2 is 2.16 bits per heavy atom. The molecule has 0 unspecified atom stereocenters. The van der Waals surface area contributed by atoms with Gasteiger partial charge in [0.05, 0.1) is 11.2 Å². The van der Waals surface area contributed by atoms with Crippen molar-refractivity contribution in [3.8, 4) is 0 Å². The quantitative estimate of drug-likeness (QED) is 0.750. The van der Waals surface area contributed by atoms with Gasteiger partial charge in [-0.25, -0.2) is 4.39 Å². The van der Waals surface area contributed by atoms with Crippen molar-refractivity contribution < 1.29 is 4.39 Å². The lowest BCUT2D eigenvalue weighted by Crippen LogP contribution is -1.92. The fourth-order valence-corrected chi connectivity index (χ4v) is 1.82. The first-order valence-corrected chi connectivity index (χ1v) is 6.03. The molecule has 0 radical (unpaired) electrons. The Bertz CT molecular complexity index is 684. The van der Waals surface area contributed by atoms with E-state index in [-0.39, 0.29) is 5.82 Å². The van der Waals surface area contributed by atoms with E-state index in [2.05, 4.69) is 16.6 Å². The minimum Gasteiger partial charge on any atom is -0.257 e. The first kappa shape index (κ1) is 13.1. The van der Waals surface area contributed by atoms with E-state index in [0.29, 0.717) is 5.70 Å². The second-order valence-electron chi connectivity index (χ2n) is 4.21. The van der Waals surface area contributed by atoms with E-state index in [4.69, 9.17) is 0 Å². The van der Waals surface area contributed by atoms with Gasteiger partial charge in [-0.2, -0.15) is 0 Å². The summed E-state index contributed by atoms with van der Waals surface area (Å²) >= 11 is 0. The van der Waals surface area contributed by atoms with Crippen molar-refractivity contribution >= 4 is 22.8 Å². The zero-order chi connectivity index (χ0) is 13.8. The number of fused-ring (bicyclic) bond motifs is 1. The second kappa shape index (κ2) is 5.57. The number of aliphatic imine (C=N–C) groups is 1. The molecule has 0 amide bonds. The zero-order valence-corrected chi connectivity index (χ0v) is 11.0. The number of rotatable bonds is 3. The Morgan fingerprint density at radius 3 is 2.89 bits per heavy atom. The van der Waals surface area contributed by atoms with Gasteiger partial charge in [0.15, 0.2) is 0 Å². The van der Waals surface area contributed by atoms with Gasteiger partial charge < -0.3 is 0 Å². The number of benzene rings is 1. The van der Waals surface area contributed by atoms with Gasteiger partial charge in [0.25, 0.3) is 0 Å². The van der Waals surface area contributed by atoms with Gasteiger partial charge in [-0.3, -0.25) is 9.98 Å². The van der Waals surface area contributed by atoms with Crippen LogP contribution in [0.25, 0.3) is 16.6 Å². The molecule has 2 rings (SSSR count). The van der Waals surface area contributed by atoms with Crippen molar-refractivity contribution in [1.29, 1.82) is 0 Å². The van der Waals surface area contributed by atoms with Crippen LogP contribution in [0.1, 0.15) is 18.2 Å². The van der Waals surface area contributed by atoms with E-state index in [1.165, 1.54) is 12.1 Å². The third-order valence-corrected chi connectivity index (χ3v) is 2.79. The maximum atomic E-state index is 13.2. The lowest BCUT2D eigenvalue weighted by Gasteiger charge is -2.07. The molecule has 0 bridgehead atoms. The maximum absolute atomic E-state index is 13.2. The number of hydrogen-bond donors (Lipinski definition) is 0. The zero-order valence-electron chi connectivity index (χ0n) is 11.0. The highest BCUT2D eigenvalue weighted by molar-refractivity contribution is 5.85. The molecule has 2 nitrogen and oxygen atoms in total. The van der Waals surface area contributed by atoms with Gasteiger partial charge in [-0.15, -0.1) is 0 Å². The summed E-state index contributed by atoms with van der Waals surface area (Å²) in [6, 6.07) is 6.42. The van der Waals surface area contributed by atoms with Crippen molar-refractivity contribution in [3.05, 3.63) is 60.1 Å². The van der Waals surface area contributed by atoms with Crippen molar-refractivity contribution in [2.24, 2.45) is 4.99 Å². The van der Waals surface area contributed by atoms with Crippen LogP contribution >= 0.6 is 0 Å². The molecule has 1 aromatic carbocycles. The molecule has 1 aromatic heterocycles. The van der Waals surface area contributed by atoms with Gasteiger partial charge in [0.1, 0.15) is 5.82 Å². The SMILES string of the molecule is C=C(/N=C\C=C/C)c1cc2cc(F)ccc2nc1C. The summed E-state index contributed by atoms with van der Waals surface area (Å²) in [5.74, 6) is -0.271. The summed E-state index contributed by atoms with van der Waals surface area (Å²) in [7, 11) is 0. The number of halogens is 1. The van der Waals surface area contributed by atoms with Crippen LogP contribution < -0.4 is 0 Å². The highest BCUT2D eigenvalue weighted by Crippen LogP contribution is 2.23. The fourth-order valence-electron chi connectivity index (χ4n) is 1.82. The Balaban J connectivity index is 2.48. The average molecular weight is 254 g/mol. The highest BCUT2D eigenvalue weighted by atomic mass is 19.1. The molecule has 0 saturated carbocycles. The third-order valence-electron chi connectivity index (χ3n) is 2.79. The Labute approximate surface area is 112 Å². The Morgan fingerprint density at radius 1 is 1.37 bits per heavy atom. The van der Waals surface area contributed by atoms with Crippen LogP contribution in [0.2, 0.25) is 0 Å². The van der Waals surface area contributed by atoms with Crippen LogP contribution in [0.3, 0.4) is 0 Å². The summed E-state index contributed by atoms with van der Waals surface area (Å²) < 4.78 is 13.2. The fraction of sp³-hybridized carbons (Fsp3) is 0.125. The molecule has 0 aliphatic heterocycles. The molecular formula is C16H15FN2. The largest absolute Gasteiger partial charge is 0.257 e. The molecule has 3 heteroatoms. The molecule has 0 spiro atoms. The average Bonchev–Trinajstić information content (AvgIpc) is 2.38. The van der Waals surface area contributed by atoms with Gasteiger partial charge >= 0.3 is 0 Å². The van der Waals surface area contributed by atoms with Crippen molar-refractivity contribution in [3.63, 3.8) is 0 Å². The summed E-state index contributed by atoms with van der Waals surface area (Å²) in [6.07, 6.45) is 5.39. The van der Waals surface area contributed by atoms with E-state index in [9.17, 15) is 4.39 Å². The monoisotopic (exact) mass is 254 g/mol. The first-order chi connectivity index (χ1) is 9.11. The smallest absolute Gasteiger partial charge is 0.123 e. The molecule has 1 heterocycles. The second-order valence-corrected chi connectivity index (χ2v) is 4.21. The molecule has 0 fully saturated rings. The third kappa shape index (κ3) is 2.94. The maximum Gasteiger partial charge on any atom is 0.123 e. The van der Waals surface area contributed by atoms with Gasteiger partial charge in [0, 0.05) is 22.9 Å². The molecular weight excluding hydrogens is 239 g/mol. The van der Waals surface area contributed by atoms with E-state index < -0.39 is 0 Å². The number of aryl methyl sites for hydroxylation is 1. The number of aromatic nitrogens is 1. The molecule has 0 aliphatic rings. The number of allylic oxidation sites excluding steroid dienone is 2. The van der Waals surface area contributed by atoms with Crippen molar-refractivity contribution in [2.75, 3.05) is 0 Å². The van der Waals surface area contributed by atoms with Crippen LogP contribution in [-0.2, 0) is 0 Å². The number of pyridine rings is 1. The normalized spacial score (nSPS) is 11.7. The van der Waals surface area contributed by atoms with E-state index >= 15 is 0 Å². The molecule has 0 aliphatic carbocycles. The lowest BCUT2D eigenvalue weighted by molar-refractivity contribution is 0.629. The molecule has 96 valence electrons. The van der Waals surface area contributed by atoms with Crippen LogP contribution in [0.5, 0.6) is 0 Å². The van der Waals surface area contributed by atoms with Crippen molar-refractivity contribution in [1.82, 2.24) is 4.98 Å². The van der Waals surface area contributed by atoms with Crippen LogP contribution in [0, 0.1) is 12.7 Å². The van der Waals surface area contributed by atoms with Gasteiger partial charge in [-0.1, -0.05) is 12.7 Å². The molecule has 19 heavy (non-hydrogen) atoms. The first-order valence-electron chi connectivity index (χ1n) is 6.03. The van der Waals surface area contributed by atoms with Gasteiger partial charge in [0.2, 0.25) is 0 Å². The number of hydrogen-bond acceptors (Lipinski definition) is 2. The predicted octanol–water partition coefficient (Wildman–Crippen LogP) is 4.30. The van der Waals surface area contributed by atoms with Gasteiger partial charge in [-0.05, 0) is 44.2 Å². The van der Waals surface area contributed by atoms with E-state index in [1.54, 1.807) is 12.3 Å². The molecule has 0 atom stereocenters. The predicted molar refractivity (Wildman–Crippen MR) is 78.8 cm³/mol. The minimum absolute atomic E-state index is 0.271. The highest BCUT2D eigenvalue weighted by Gasteiger charge is 2.06. The Kier molecular flexibility index (Phi) is 3.85. The van der Waals surface area contributed by atoms with Crippen LogP contribution in [-0.4, -0.2) is 11.2 Å². The van der Waals surface area contributed by atoms with Crippen molar-refractivity contribution in [2.45, 2.75) is 13.8 Å². The molecule has 0 N–H and O–H groups in total. The molecule has 0 saturated heterocycles. The molecule has 2 aromatic rings. The summed E-state index contributed by atoms with van der Waals surface area (Å²) in [5.41, 5.74) is 3.06. The standard InChI is InChI=1S/C16H15FN2/c1-4-5-8-18-11(2)15-10-13-9-14(17)6-7-16(13)19-12(15)3/h4-10H,2H2,1,3H3/b5-4-,18-8-. The van der Waals surface area contributed by atoms with E-state index in [1.807, 2.05) is 32.1 Å². The Hall–Kier alpha value is -2.29. The lowest BCUT2D eigenvalue weighted by atomic mass is 10.1. The summed E-state index contributed by atoms with van der Waals surface area (Å²) in [4.78, 5) is 8.68. The van der Waals surface area contributed by atoms with Crippen LogP contribution in [0.15, 0.2) is 48.0 Å². The minimum atomic E-state index is -0.271.